The molecule has 1 N–H and O–H groups in total. The van der Waals surface area contributed by atoms with Gasteiger partial charge in [0.15, 0.2) is 0 Å². The van der Waals surface area contributed by atoms with Crippen molar-refractivity contribution in [1.82, 2.24) is 5.32 Å². The molecule has 0 heterocycles. The molecule has 13 heavy (non-hydrogen) atoms. The number of hydrogen-bond donors (Lipinski definition) is 1. The van der Waals surface area contributed by atoms with Crippen molar-refractivity contribution >= 4 is 0 Å². The van der Waals surface area contributed by atoms with Crippen LogP contribution in [0.3, 0.4) is 0 Å². The molecule has 0 bridgehead atoms. The molecule has 0 aromatic heterocycles. The van der Waals surface area contributed by atoms with Crippen LogP contribution in [0.25, 0.3) is 0 Å². The molecule has 1 nitrogen and oxygen atoms in total. The molecule has 0 amide bonds. The quantitative estimate of drug-likeness (QED) is 0.691. The third kappa shape index (κ3) is 1.61. The normalized spacial score (nSPS) is 26.9. The number of hydrogen-bond acceptors (Lipinski definition) is 1. The molecule has 1 aliphatic rings. The van der Waals surface area contributed by atoms with E-state index < -0.39 is 0 Å². The Hall–Kier alpha value is -0.820. The van der Waals surface area contributed by atoms with Crippen molar-refractivity contribution < 1.29 is 0 Å². The van der Waals surface area contributed by atoms with Gasteiger partial charge in [-0.15, -0.1) is 0 Å². The predicted molar refractivity (Wildman–Crippen MR) is 55.7 cm³/mol. The van der Waals surface area contributed by atoms with Crippen molar-refractivity contribution in [2.75, 3.05) is 7.05 Å². The smallest absolute Gasteiger partial charge is 0.0322 e. The maximum Gasteiger partial charge on any atom is 0.0322 e. The molecule has 0 fully saturated rings. The van der Waals surface area contributed by atoms with E-state index in [0.717, 1.165) is 5.92 Å². The Morgan fingerprint density at radius 3 is 2.85 bits per heavy atom. The van der Waals surface area contributed by atoms with Gasteiger partial charge in [0.25, 0.3) is 0 Å². The Bertz CT molecular complexity index is 293. The van der Waals surface area contributed by atoms with Gasteiger partial charge < -0.3 is 5.32 Å². The molecule has 2 unspecified atom stereocenters. The van der Waals surface area contributed by atoms with E-state index in [9.17, 15) is 0 Å². The summed E-state index contributed by atoms with van der Waals surface area (Å²) in [5.41, 5.74) is 3.03. The SMILES string of the molecule is CNC1CC(C)Cc2ccccc21. The van der Waals surface area contributed by atoms with Gasteiger partial charge in [0, 0.05) is 6.04 Å². The molecule has 2 atom stereocenters. The van der Waals surface area contributed by atoms with Gasteiger partial charge in [0.1, 0.15) is 0 Å². The molecule has 1 aromatic rings. The zero-order chi connectivity index (χ0) is 9.26. The summed E-state index contributed by atoms with van der Waals surface area (Å²) in [6.07, 6.45) is 2.52. The Labute approximate surface area is 80.2 Å². The van der Waals surface area contributed by atoms with E-state index in [4.69, 9.17) is 0 Å². The Balaban J connectivity index is 2.37. The maximum atomic E-state index is 3.39. The van der Waals surface area contributed by atoms with Crippen LogP contribution in [0, 0.1) is 5.92 Å². The lowest BCUT2D eigenvalue weighted by atomic mass is 9.82. The van der Waals surface area contributed by atoms with E-state index in [-0.39, 0.29) is 0 Å². The highest BCUT2D eigenvalue weighted by molar-refractivity contribution is 5.32. The third-order valence-corrected chi connectivity index (χ3v) is 2.99. The number of nitrogens with one attached hydrogen (secondary N) is 1. The second kappa shape index (κ2) is 3.51. The van der Waals surface area contributed by atoms with E-state index in [1.54, 1.807) is 0 Å². The van der Waals surface area contributed by atoms with Gasteiger partial charge in [0.05, 0.1) is 0 Å². The van der Waals surface area contributed by atoms with Crippen molar-refractivity contribution in [2.24, 2.45) is 5.92 Å². The first-order valence-electron chi connectivity index (χ1n) is 5.06. The molecule has 0 saturated carbocycles. The summed E-state index contributed by atoms with van der Waals surface area (Å²) >= 11 is 0. The van der Waals surface area contributed by atoms with Crippen LogP contribution in [-0.4, -0.2) is 7.05 Å². The molecular formula is C12H17N. The zero-order valence-electron chi connectivity index (χ0n) is 8.38. The van der Waals surface area contributed by atoms with Crippen LogP contribution in [0.4, 0.5) is 0 Å². The van der Waals surface area contributed by atoms with Crippen LogP contribution in [0.5, 0.6) is 0 Å². The second-order valence-electron chi connectivity index (χ2n) is 4.09. The highest BCUT2D eigenvalue weighted by atomic mass is 14.9. The Morgan fingerprint density at radius 2 is 2.08 bits per heavy atom. The molecule has 0 aliphatic heterocycles. The van der Waals surface area contributed by atoms with E-state index in [0.29, 0.717) is 6.04 Å². The number of fused-ring (bicyclic) bond motifs is 1. The number of rotatable bonds is 1. The summed E-state index contributed by atoms with van der Waals surface area (Å²) < 4.78 is 0. The fraction of sp³-hybridized carbons (Fsp3) is 0.500. The molecule has 2 rings (SSSR count). The van der Waals surface area contributed by atoms with Crippen molar-refractivity contribution in [3.05, 3.63) is 35.4 Å². The van der Waals surface area contributed by atoms with Crippen molar-refractivity contribution in [3.8, 4) is 0 Å². The standard InChI is InChI=1S/C12H17N/c1-9-7-10-5-3-4-6-11(10)12(8-9)13-2/h3-6,9,12-13H,7-8H2,1-2H3. The first-order chi connectivity index (χ1) is 6.31. The van der Waals surface area contributed by atoms with Gasteiger partial charge in [-0.05, 0) is 36.9 Å². The first kappa shape index (κ1) is 8.76. The average molecular weight is 175 g/mol. The predicted octanol–water partition coefficient (Wildman–Crippen LogP) is 2.53. The molecule has 1 heteroatoms. The van der Waals surface area contributed by atoms with E-state index in [2.05, 4.69) is 43.6 Å². The first-order valence-corrected chi connectivity index (χ1v) is 5.06. The maximum absolute atomic E-state index is 3.39. The highest BCUT2D eigenvalue weighted by Gasteiger charge is 2.22. The molecule has 0 radical (unpaired) electrons. The summed E-state index contributed by atoms with van der Waals surface area (Å²) in [5.74, 6) is 0.812. The Morgan fingerprint density at radius 1 is 1.31 bits per heavy atom. The summed E-state index contributed by atoms with van der Waals surface area (Å²) in [5, 5.41) is 3.39. The summed E-state index contributed by atoms with van der Waals surface area (Å²) in [6, 6.07) is 9.36. The minimum absolute atomic E-state index is 0.569. The largest absolute Gasteiger partial charge is 0.313 e. The lowest BCUT2D eigenvalue weighted by molar-refractivity contribution is 0.399. The monoisotopic (exact) mass is 175 g/mol. The molecule has 0 saturated heterocycles. The van der Waals surface area contributed by atoms with Crippen molar-refractivity contribution in [2.45, 2.75) is 25.8 Å². The van der Waals surface area contributed by atoms with Crippen molar-refractivity contribution in [1.29, 1.82) is 0 Å². The fourth-order valence-corrected chi connectivity index (χ4v) is 2.32. The average Bonchev–Trinajstić information content (AvgIpc) is 2.16. The van der Waals surface area contributed by atoms with E-state index >= 15 is 0 Å². The van der Waals surface area contributed by atoms with Crippen LogP contribution in [0.1, 0.15) is 30.5 Å². The topological polar surface area (TPSA) is 12.0 Å². The molecule has 70 valence electrons. The van der Waals surface area contributed by atoms with Gasteiger partial charge >= 0.3 is 0 Å². The second-order valence-corrected chi connectivity index (χ2v) is 4.09. The minimum atomic E-state index is 0.569. The lowest BCUT2D eigenvalue weighted by Crippen LogP contribution is -2.25. The highest BCUT2D eigenvalue weighted by Crippen LogP contribution is 2.32. The summed E-state index contributed by atoms with van der Waals surface area (Å²) in [7, 11) is 2.06. The van der Waals surface area contributed by atoms with Crippen LogP contribution >= 0.6 is 0 Å². The van der Waals surface area contributed by atoms with Gasteiger partial charge in [-0.3, -0.25) is 0 Å². The van der Waals surface area contributed by atoms with Crippen LogP contribution in [-0.2, 0) is 6.42 Å². The van der Waals surface area contributed by atoms with Gasteiger partial charge in [0.2, 0.25) is 0 Å². The molecule has 0 spiro atoms. The molecule has 1 aliphatic carbocycles. The summed E-state index contributed by atoms with van der Waals surface area (Å²) in [6.45, 7) is 2.33. The van der Waals surface area contributed by atoms with Gasteiger partial charge in [-0.2, -0.15) is 0 Å². The third-order valence-electron chi connectivity index (χ3n) is 2.99. The van der Waals surface area contributed by atoms with E-state index in [1.165, 1.54) is 24.0 Å². The van der Waals surface area contributed by atoms with Crippen molar-refractivity contribution in [3.63, 3.8) is 0 Å². The van der Waals surface area contributed by atoms with Crippen LogP contribution in [0.15, 0.2) is 24.3 Å². The lowest BCUT2D eigenvalue weighted by Gasteiger charge is -2.29. The van der Waals surface area contributed by atoms with E-state index in [1.807, 2.05) is 0 Å². The Kier molecular flexibility index (Phi) is 2.36. The fourth-order valence-electron chi connectivity index (χ4n) is 2.32. The van der Waals surface area contributed by atoms with Gasteiger partial charge in [-0.25, -0.2) is 0 Å². The molecular weight excluding hydrogens is 158 g/mol. The van der Waals surface area contributed by atoms with Gasteiger partial charge in [-0.1, -0.05) is 31.2 Å². The summed E-state index contributed by atoms with van der Waals surface area (Å²) in [4.78, 5) is 0. The van der Waals surface area contributed by atoms with Crippen LogP contribution in [0.2, 0.25) is 0 Å². The minimum Gasteiger partial charge on any atom is -0.313 e. The number of benzene rings is 1. The molecule has 1 aromatic carbocycles. The zero-order valence-corrected chi connectivity index (χ0v) is 8.38. The van der Waals surface area contributed by atoms with Crippen LogP contribution < -0.4 is 5.32 Å².